The molecule has 1 saturated carbocycles. The summed E-state index contributed by atoms with van der Waals surface area (Å²) in [5.41, 5.74) is 5.53. The predicted molar refractivity (Wildman–Crippen MR) is 55.9 cm³/mol. The highest BCUT2D eigenvalue weighted by Crippen LogP contribution is 2.41. The molecular formula is C11H19F3N2. The van der Waals surface area contributed by atoms with Gasteiger partial charge in [0, 0.05) is 12.6 Å². The summed E-state index contributed by atoms with van der Waals surface area (Å²) < 4.78 is 37.0. The third-order valence-electron chi connectivity index (χ3n) is 4.02. The van der Waals surface area contributed by atoms with Gasteiger partial charge >= 0.3 is 6.18 Å². The number of hydrogen-bond donors (Lipinski definition) is 1. The first kappa shape index (κ1) is 12.2. The van der Waals surface area contributed by atoms with Crippen LogP contribution in [0.1, 0.15) is 25.7 Å². The molecule has 3 unspecified atom stereocenters. The van der Waals surface area contributed by atoms with Crippen molar-refractivity contribution in [2.75, 3.05) is 19.6 Å². The first-order valence-electron chi connectivity index (χ1n) is 6.00. The molecule has 2 nitrogen and oxygen atoms in total. The zero-order valence-electron chi connectivity index (χ0n) is 9.34. The van der Waals surface area contributed by atoms with E-state index >= 15 is 0 Å². The number of rotatable bonds is 3. The van der Waals surface area contributed by atoms with Crippen molar-refractivity contribution in [3.05, 3.63) is 0 Å². The van der Waals surface area contributed by atoms with Gasteiger partial charge in [-0.1, -0.05) is 0 Å². The van der Waals surface area contributed by atoms with Crippen LogP contribution in [0, 0.1) is 11.8 Å². The van der Waals surface area contributed by atoms with Gasteiger partial charge in [0.15, 0.2) is 0 Å². The molecule has 2 aliphatic rings. The van der Waals surface area contributed by atoms with Crippen LogP contribution in [-0.4, -0.2) is 36.8 Å². The van der Waals surface area contributed by atoms with E-state index in [0.29, 0.717) is 24.9 Å². The number of fused-ring (bicyclic) bond motifs is 2. The van der Waals surface area contributed by atoms with Crippen molar-refractivity contribution in [2.45, 2.75) is 37.9 Å². The lowest BCUT2D eigenvalue weighted by atomic mass is 9.78. The molecule has 1 heterocycles. The second kappa shape index (κ2) is 4.53. The molecule has 2 fully saturated rings. The quantitative estimate of drug-likeness (QED) is 0.812. The fourth-order valence-corrected chi connectivity index (χ4v) is 3.33. The molecule has 94 valence electrons. The van der Waals surface area contributed by atoms with Crippen molar-refractivity contribution in [3.63, 3.8) is 0 Å². The summed E-state index contributed by atoms with van der Waals surface area (Å²) in [5.74, 6) is 1.00. The van der Waals surface area contributed by atoms with E-state index in [-0.39, 0.29) is 6.04 Å². The molecule has 2 rings (SSSR count). The highest BCUT2D eigenvalue weighted by atomic mass is 19.4. The fraction of sp³-hybridized carbons (Fsp3) is 1.00. The van der Waals surface area contributed by atoms with Crippen molar-refractivity contribution in [3.8, 4) is 0 Å². The third kappa shape index (κ3) is 2.69. The summed E-state index contributed by atoms with van der Waals surface area (Å²) in [6, 6.07) is 0.167. The minimum atomic E-state index is -4.05. The summed E-state index contributed by atoms with van der Waals surface area (Å²) in [6.07, 6.45) is -0.170. The molecule has 1 aliphatic carbocycles. The predicted octanol–water partition coefficient (Wildman–Crippen LogP) is 2.00. The Morgan fingerprint density at radius 2 is 2.00 bits per heavy atom. The average Bonchev–Trinajstić information content (AvgIpc) is 2.47. The van der Waals surface area contributed by atoms with Crippen LogP contribution in [0.15, 0.2) is 0 Å². The zero-order valence-corrected chi connectivity index (χ0v) is 9.34. The molecule has 5 heteroatoms. The van der Waals surface area contributed by atoms with E-state index in [0.717, 1.165) is 25.7 Å². The second-order valence-electron chi connectivity index (χ2n) is 5.11. The van der Waals surface area contributed by atoms with Crippen molar-refractivity contribution in [1.82, 2.24) is 4.90 Å². The van der Waals surface area contributed by atoms with Crippen LogP contribution in [0.4, 0.5) is 13.2 Å². The van der Waals surface area contributed by atoms with E-state index in [1.165, 1.54) is 0 Å². The van der Waals surface area contributed by atoms with Gasteiger partial charge in [0.25, 0.3) is 0 Å². The smallest absolute Gasteiger partial charge is 0.330 e. The topological polar surface area (TPSA) is 29.3 Å². The van der Waals surface area contributed by atoms with Gasteiger partial charge in [-0.2, -0.15) is 13.2 Å². The van der Waals surface area contributed by atoms with Crippen LogP contribution in [0.2, 0.25) is 0 Å². The normalized spacial score (nSPS) is 35.6. The molecule has 2 bridgehead atoms. The lowest BCUT2D eigenvalue weighted by Crippen LogP contribution is -2.37. The molecule has 1 saturated heterocycles. The minimum absolute atomic E-state index is 0.167. The molecule has 16 heavy (non-hydrogen) atoms. The maximum Gasteiger partial charge on any atom is 0.401 e. The maximum atomic E-state index is 12.3. The standard InChI is InChI=1S/C11H19F3N2/c12-11(13,14)7-16-6-9-5-10(16)2-1-8(9)3-4-15/h8-10H,1-7,15H2. The minimum Gasteiger partial charge on any atom is -0.330 e. The van der Waals surface area contributed by atoms with Gasteiger partial charge in [-0.3, -0.25) is 4.90 Å². The Balaban J connectivity index is 1.92. The Labute approximate surface area is 94.0 Å². The van der Waals surface area contributed by atoms with E-state index in [9.17, 15) is 13.2 Å². The molecule has 0 radical (unpaired) electrons. The first-order valence-corrected chi connectivity index (χ1v) is 6.00. The van der Waals surface area contributed by atoms with Gasteiger partial charge in [-0.25, -0.2) is 0 Å². The molecule has 1 aliphatic heterocycles. The zero-order chi connectivity index (χ0) is 11.8. The Hall–Kier alpha value is -0.290. The van der Waals surface area contributed by atoms with Gasteiger partial charge in [0.2, 0.25) is 0 Å². The Bertz CT molecular complexity index is 242. The van der Waals surface area contributed by atoms with E-state index < -0.39 is 12.7 Å². The summed E-state index contributed by atoms with van der Waals surface area (Å²) in [6.45, 7) is 0.545. The van der Waals surface area contributed by atoms with Crippen LogP contribution in [0.3, 0.4) is 0 Å². The number of nitrogens with zero attached hydrogens (tertiary/aromatic N) is 1. The molecule has 0 aromatic carbocycles. The van der Waals surface area contributed by atoms with Gasteiger partial charge < -0.3 is 5.73 Å². The highest BCUT2D eigenvalue weighted by molar-refractivity contribution is 4.94. The maximum absolute atomic E-state index is 12.3. The second-order valence-corrected chi connectivity index (χ2v) is 5.11. The van der Waals surface area contributed by atoms with Crippen LogP contribution < -0.4 is 5.73 Å². The molecule has 0 aromatic rings. The van der Waals surface area contributed by atoms with Crippen LogP contribution in [0.5, 0.6) is 0 Å². The van der Waals surface area contributed by atoms with E-state index in [4.69, 9.17) is 5.73 Å². The van der Waals surface area contributed by atoms with Gasteiger partial charge in [0.05, 0.1) is 6.54 Å². The van der Waals surface area contributed by atoms with E-state index in [1.807, 2.05) is 0 Å². The molecule has 0 aromatic heterocycles. The molecule has 2 N–H and O–H groups in total. The van der Waals surface area contributed by atoms with Crippen molar-refractivity contribution in [2.24, 2.45) is 17.6 Å². The first-order chi connectivity index (χ1) is 7.49. The summed E-state index contributed by atoms with van der Waals surface area (Å²) in [4.78, 5) is 1.63. The Kier molecular flexibility index (Phi) is 3.45. The molecule has 0 spiro atoms. The number of nitrogens with two attached hydrogens (primary N) is 1. The van der Waals surface area contributed by atoms with Crippen LogP contribution in [-0.2, 0) is 0 Å². The third-order valence-corrected chi connectivity index (χ3v) is 4.02. The Morgan fingerprint density at radius 1 is 1.25 bits per heavy atom. The van der Waals surface area contributed by atoms with Gasteiger partial charge in [0.1, 0.15) is 0 Å². The molecule has 3 atom stereocenters. The number of likely N-dealkylation sites (tertiary alicyclic amines) is 1. The number of halogens is 3. The average molecular weight is 236 g/mol. The van der Waals surface area contributed by atoms with Gasteiger partial charge in [-0.05, 0) is 44.1 Å². The lowest BCUT2D eigenvalue weighted by Gasteiger charge is -2.28. The number of alkyl halides is 3. The SMILES string of the molecule is NCCC1CCC2CC1CN2CC(F)(F)F. The van der Waals surface area contributed by atoms with Gasteiger partial charge in [-0.15, -0.1) is 0 Å². The molecular weight excluding hydrogens is 217 g/mol. The Morgan fingerprint density at radius 3 is 2.62 bits per heavy atom. The fourth-order valence-electron chi connectivity index (χ4n) is 3.33. The van der Waals surface area contributed by atoms with Crippen molar-refractivity contribution >= 4 is 0 Å². The highest BCUT2D eigenvalue weighted by Gasteiger charge is 2.44. The van der Waals surface area contributed by atoms with Crippen LogP contribution in [0.25, 0.3) is 0 Å². The van der Waals surface area contributed by atoms with Crippen LogP contribution >= 0.6 is 0 Å². The summed E-state index contributed by atoms with van der Waals surface area (Å²) in [7, 11) is 0. The lowest BCUT2D eigenvalue weighted by molar-refractivity contribution is -0.147. The largest absolute Gasteiger partial charge is 0.401 e. The van der Waals surface area contributed by atoms with Crippen molar-refractivity contribution < 1.29 is 13.2 Å². The van der Waals surface area contributed by atoms with Crippen molar-refractivity contribution in [1.29, 1.82) is 0 Å². The van der Waals surface area contributed by atoms with E-state index in [1.54, 1.807) is 4.90 Å². The summed E-state index contributed by atoms with van der Waals surface area (Å²) in [5, 5.41) is 0. The van der Waals surface area contributed by atoms with E-state index in [2.05, 4.69) is 0 Å². The number of hydrogen-bond acceptors (Lipinski definition) is 2. The summed E-state index contributed by atoms with van der Waals surface area (Å²) >= 11 is 0. The monoisotopic (exact) mass is 236 g/mol. The molecule has 0 amide bonds.